The first-order valence-electron chi connectivity index (χ1n) is 14.7. The van der Waals surface area contributed by atoms with Crippen molar-refractivity contribution in [3.05, 3.63) is 102 Å². The second-order valence-electron chi connectivity index (χ2n) is 9.65. The van der Waals surface area contributed by atoms with Crippen LogP contribution in [0.15, 0.2) is 87.8 Å². The number of hydrogen-bond acceptors (Lipinski definition) is 10. The normalized spacial score (nSPS) is 11.7. The van der Waals surface area contributed by atoms with Crippen molar-refractivity contribution < 1.29 is 36.7 Å². The number of hydrogen-bond donors (Lipinski definition) is 0. The van der Waals surface area contributed by atoms with E-state index >= 15 is 0 Å². The van der Waals surface area contributed by atoms with Crippen molar-refractivity contribution in [3.63, 3.8) is 0 Å². The molecule has 0 unspecified atom stereocenters. The largest absolute Gasteiger partial charge is 0.490 e. The average Bonchev–Trinajstić information content (AvgIpc) is 3.80. The highest BCUT2D eigenvalue weighted by Gasteiger charge is 2.21. The summed E-state index contributed by atoms with van der Waals surface area (Å²) in [6.45, 7) is 8.59. The Kier molecular flexibility index (Phi) is 10.6. The molecule has 0 saturated carbocycles. The minimum absolute atomic E-state index is 0.186. The van der Waals surface area contributed by atoms with E-state index in [9.17, 15) is 4.57 Å². The fraction of sp³-hybridized carbons (Fsp3) is 0.273. The molecule has 0 aliphatic heterocycles. The molecule has 3 aromatic heterocycles. The van der Waals surface area contributed by atoms with Gasteiger partial charge in [-0.3, -0.25) is 4.57 Å². The summed E-state index contributed by atoms with van der Waals surface area (Å²) in [4.78, 5) is 4.51. The van der Waals surface area contributed by atoms with Gasteiger partial charge in [0.25, 0.3) is 5.89 Å². The summed E-state index contributed by atoms with van der Waals surface area (Å²) < 4.78 is 54.9. The molecule has 0 fully saturated rings. The lowest BCUT2D eigenvalue weighted by molar-refractivity contribution is 0.229. The molecule has 0 saturated heterocycles. The predicted molar refractivity (Wildman–Crippen MR) is 169 cm³/mol. The number of aromatic nitrogens is 3. The number of rotatable bonds is 16. The zero-order chi connectivity index (χ0) is 31.6. The Morgan fingerprint density at radius 2 is 1.69 bits per heavy atom. The molecule has 2 aromatic carbocycles. The van der Waals surface area contributed by atoms with Gasteiger partial charge in [0.05, 0.1) is 37.3 Å². The lowest BCUT2D eigenvalue weighted by Gasteiger charge is -2.13. The molecule has 0 bridgehead atoms. The number of para-hydroxylation sites is 1. The fourth-order valence-corrected chi connectivity index (χ4v) is 5.67. The van der Waals surface area contributed by atoms with Crippen molar-refractivity contribution in [2.45, 2.75) is 40.9 Å². The van der Waals surface area contributed by atoms with Crippen LogP contribution < -0.4 is 14.2 Å². The van der Waals surface area contributed by atoms with E-state index in [1.54, 1.807) is 49.2 Å². The van der Waals surface area contributed by atoms with E-state index in [0.29, 0.717) is 52.7 Å². The molecule has 0 atom stereocenters. The maximum absolute atomic E-state index is 13.1. The Bertz CT molecular complexity index is 1730. The van der Waals surface area contributed by atoms with E-state index in [-0.39, 0.29) is 26.4 Å². The van der Waals surface area contributed by atoms with Gasteiger partial charge in [-0.05, 0) is 75.7 Å². The summed E-state index contributed by atoms with van der Waals surface area (Å²) in [7, 11) is -3.43. The number of benzene rings is 2. The predicted octanol–water partition coefficient (Wildman–Crippen LogP) is 8.22. The molecule has 236 valence electrons. The highest BCUT2D eigenvalue weighted by atomic mass is 31.2. The molecule has 5 aromatic rings. The number of ether oxygens (including phenoxy) is 3. The van der Waals surface area contributed by atoms with Gasteiger partial charge in [0.2, 0.25) is 5.88 Å². The lowest BCUT2D eigenvalue weighted by Crippen LogP contribution is -2.03. The lowest BCUT2D eigenvalue weighted by atomic mass is 10.2. The van der Waals surface area contributed by atoms with Gasteiger partial charge >= 0.3 is 7.60 Å². The van der Waals surface area contributed by atoms with Crippen LogP contribution in [-0.4, -0.2) is 34.6 Å². The smallest absolute Gasteiger partial charge is 0.354 e. The van der Waals surface area contributed by atoms with Crippen LogP contribution in [-0.2, 0) is 26.8 Å². The second kappa shape index (κ2) is 14.9. The SMILES string of the molecule is CCOc1cc(COc2nn(-c3ccccc3)cc2/C=C/P(=O)(OCC)OCC)ccc1OCc1nc(-c2ccco2)oc1C. The van der Waals surface area contributed by atoms with Crippen molar-refractivity contribution in [2.75, 3.05) is 19.8 Å². The van der Waals surface area contributed by atoms with E-state index < -0.39 is 7.60 Å². The molecule has 11 nitrogen and oxygen atoms in total. The third-order valence-corrected chi connectivity index (χ3v) is 8.21. The van der Waals surface area contributed by atoms with E-state index in [1.807, 2.05) is 62.4 Å². The zero-order valence-electron chi connectivity index (χ0n) is 25.7. The van der Waals surface area contributed by atoms with Gasteiger partial charge in [-0.2, -0.15) is 0 Å². The number of aryl methyl sites for hydroxylation is 1. The number of furan rings is 1. The van der Waals surface area contributed by atoms with Gasteiger partial charge in [0, 0.05) is 12.0 Å². The summed E-state index contributed by atoms with van der Waals surface area (Å²) in [5, 5.41) is 4.65. The van der Waals surface area contributed by atoms with Gasteiger partial charge in [-0.25, -0.2) is 9.67 Å². The maximum atomic E-state index is 13.1. The first-order valence-corrected chi connectivity index (χ1v) is 16.3. The van der Waals surface area contributed by atoms with Gasteiger partial charge in [0.1, 0.15) is 24.7 Å². The molecule has 0 spiro atoms. The van der Waals surface area contributed by atoms with Gasteiger partial charge in [-0.1, -0.05) is 24.3 Å². The van der Waals surface area contributed by atoms with Crippen LogP contribution in [0.5, 0.6) is 17.4 Å². The molecular weight excluding hydrogens is 597 g/mol. The van der Waals surface area contributed by atoms with Crippen LogP contribution in [0, 0.1) is 6.92 Å². The Morgan fingerprint density at radius 3 is 2.40 bits per heavy atom. The third kappa shape index (κ3) is 8.13. The summed E-state index contributed by atoms with van der Waals surface area (Å²) in [6, 6.07) is 18.8. The fourth-order valence-electron chi connectivity index (χ4n) is 4.36. The molecule has 0 N–H and O–H groups in total. The van der Waals surface area contributed by atoms with Crippen LogP contribution in [0.25, 0.3) is 23.4 Å². The van der Waals surface area contributed by atoms with Crippen molar-refractivity contribution in [3.8, 4) is 34.7 Å². The summed E-state index contributed by atoms with van der Waals surface area (Å²) in [5.74, 6) is 4.50. The minimum Gasteiger partial charge on any atom is -0.490 e. The first-order chi connectivity index (χ1) is 21.9. The van der Waals surface area contributed by atoms with Crippen molar-refractivity contribution in [1.82, 2.24) is 14.8 Å². The van der Waals surface area contributed by atoms with E-state index in [1.165, 1.54) is 5.82 Å². The van der Waals surface area contributed by atoms with Crippen molar-refractivity contribution >= 4 is 13.7 Å². The standard InChI is InChI=1S/C33H36N3O8P/c1-5-38-31-20-25(15-16-29(31)40-23-28-24(4)44-33(34-28)30-14-11-18-39-30)22-41-32-26(17-19-45(37,42-6-2)43-7-3)21-36(35-32)27-12-9-8-10-13-27/h8-21H,5-7,22-23H2,1-4H3/b19-17+. The Balaban J connectivity index is 1.33. The molecular formula is C33H36N3O8P. The van der Waals surface area contributed by atoms with Crippen LogP contribution >= 0.6 is 7.60 Å². The maximum Gasteiger partial charge on any atom is 0.354 e. The van der Waals surface area contributed by atoms with Crippen LogP contribution in [0.2, 0.25) is 0 Å². The number of nitrogens with zero attached hydrogens (tertiary/aromatic N) is 3. The van der Waals surface area contributed by atoms with Crippen molar-refractivity contribution in [2.24, 2.45) is 0 Å². The average molecular weight is 634 g/mol. The zero-order valence-corrected chi connectivity index (χ0v) is 26.6. The van der Waals surface area contributed by atoms with E-state index in [0.717, 1.165) is 11.3 Å². The summed E-state index contributed by atoms with van der Waals surface area (Å²) in [6.07, 6.45) is 5.02. The molecule has 0 amide bonds. The monoisotopic (exact) mass is 633 g/mol. The summed E-state index contributed by atoms with van der Waals surface area (Å²) in [5.41, 5.74) is 2.95. The van der Waals surface area contributed by atoms with Gasteiger partial charge in [0.15, 0.2) is 17.3 Å². The van der Waals surface area contributed by atoms with Crippen LogP contribution in [0.1, 0.15) is 43.4 Å². The Labute approximate surface area is 261 Å². The third-order valence-electron chi connectivity index (χ3n) is 6.45. The second-order valence-corrected chi connectivity index (χ2v) is 11.5. The highest BCUT2D eigenvalue weighted by molar-refractivity contribution is 7.57. The minimum atomic E-state index is -3.43. The van der Waals surface area contributed by atoms with Gasteiger partial charge < -0.3 is 32.1 Å². The van der Waals surface area contributed by atoms with Crippen molar-refractivity contribution in [1.29, 1.82) is 0 Å². The summed E-state index contributed by atoms with van der Waals surface area (Å²) >= 11 is 0. The van der Waals surface area contributed by atoms with Crippen LogP contribution in [0.4, 0.5) is 0 Å². The molecule has 0 radical (unpaired) electrons. The molecule has 5 rings (SSSR count). The molecule has 12 heteroatoms. The first kappa shape index (κ1) is 31.8. The Morgan fingerprint density at radius 1 is 0.889 bits per heavy atom. The topological polar surface area (TPSA) is 120 Å². The van der Waals surface area contributed by atoms with E-state index in [4.69, 9.17) is 32.1 Å². The van der Waals surface area contributed by atoms with E-state index in [2.05, 4.69) is 10.1 Å². The van der Waals surface area contributed by atoms with Gasteiger partial charge in [-0.15, -0.1) is 5.10 Å². The molecule has 3 heterocycles. The number of oxazole rings is 1. The quantitative estimate of drug-likeness (QED) is 0.0983. The molecule has 0 aliphatic carbocycles. The highest BCUT2D eigenvalue weighted by Crippen LogP contribution is 2.50. The molecule has 0 aliphatic rings. The van der Waals surface area contributed by atoms with Crippen LogP contribution in [0.3, 0.4) is 0 Å². The molecule has 45 heavy (non-hydrogen) atoms. The Hall–Kier alpha value is -4.57.